The lowest BCUT2D eigenvalue weighted by Gasteiger charge is -2.17. The molecule has 0 saturated carbocycles. The molecule has 20 aromatic rings. The first kappa shape index (κ1) is 52.2. The molecular formula is C88H54N6. The molecule has 0 fully saturated rings. The van der Waals surface area contributed by atoms with Gasteiger partial charge in [0.1, 0.15) is 0 Å². The predicted octanol–water partition coefficient (Wildman–Crippen LogP) is 23.0. The van der Waals surface area contributed by atoms with Crippen molar-refractivity contribution < 1.29 is 0 Å². The second kappa shape index (κ2) is 20.4. The molecule has 0 amide bonds. The SMILES string of the molecule is c1ccc(-n2c3ccccc3c3cc(-c4ccc5c6ccccc6n(-c6cc(-c7nc(-c8cccc9ccccc89)c8ccc9ccccc9c8n7)cc(-n7c8ccccc8c8ccc(-c9ccc%10c(c9)c9ccccc9n%10-c9ccccc9)cc87)c6)c5c4)ccc32)cc1. The van der Waals surface area contributed by atoms with Crippen LogP contribution in [0.2, 0.25) is 0 Å². The summed E-state index contributed by atoms with van der Waals surface area (Å²) in [5, 5.41) is 15.1. The zero-order valence-corrected chi connectivity index (χ0v) is 50.9. The summed E-state index contributed by atoms with van der Waals surface area (Å²) in [5.41, 5.74) is 21.7. The van der Waals surface area contributed by atoms with E-state index >= 15 is 0 Å². The van der Waals surface area contributed by atoms with Crippen molar-refractivity contribution in [3.8, 4) is 67.6 Å². The highest BCUT2D eigenvalue weighted by molar-refractivity contribution is 6.16. The van der Waals surface area contributed by atoms with E-state index in [0.29, 0.717) is 5.82 Å². The van der Waals surface area contributed by atoms with Gasteiger partial charge in [0.05, 0.1) is 55.3 Å². The zero-order valence-electron chi connectivity index (χ0n) is 50.9. The summed E-state index contributed by atoms with van der Waals surface area (Å²) in [5.74, 6) is 0.642. The highest BCUT2D eigenvalue weighted by atomic mass is 15.0. The molecule has 0 N–H and O–H groups in total. The third kappa shape index (κ3) is 7.90. The molecule has 0 aliphatic rings. The van der Waals surface area contributed by atoms with E-state index in [9.17, 15) is 0 Å². The number of hydrogen-bond donors (Lipinski definition) is 0. The molecule has 6 nitrogen and oxygen atoms in total. The molecule has 436 valence electrons. The molecule has 0 unspecified atom stereocenters. The van der Waals surface area contributed by atoms with Gasteiger partial charge in [0.25, 0.3) is 0 Å². The summed E-state index contributed by atoms with van der Waals surface area (Å²) in [6.45, 7) is 0. The third-order valence-corrected chi connectivity index (χ3v) is 19.7. The second-order valence-corrected chi connectivity index (χ2v) is 24.9. The van der Waals surface area contributed by atoms with Gasteiger partial charge in [0.15, 0.2) is 5.82 Å². The average molecular weight is 1200 g/mol. The van der Waals surface area contributed by atoms with Crippen LogP contribution in [0.3, 0.4) is 0 Å². The molecule has 0 bridgehead atoms. The number of para-hydroxylation sites is 6. The van der Waals surface area contributed by atoms with E-state index in [1.807, 2.05) is 0 Å². The lowest BCUT2D eigenvalue weighted by atomic mass is 9.97. The van der Waals surface area contributed by atoms with Crippen LogP contribution in [0.1, 0.15) is 0 Å². The molecule has 94 heavy (non-hydrogen) atoms. The largest absolute Gasteiger partial charge is 0.309 e. The van der Waals surface area contributed by atoms with Crippen molar-refractivity contribution in [2.75, 3.05) is 0 Å². The highest BCUT2D eigenvalue weighted by Crippen LogP contribution is 2.44. The van der Waals surface area contributed by atoms with Crippen LogP contribution in [0.5, 0.6) is 0 Å². The van der Waals surface area contributed by atoms with Crippen molar-refractivity contribution in [3.05, 3.63) is 328 Å². The van der Waals surface area contributed by atoms with Crippen molar-refractivity contribution in [3.63, 3.8) is 0 Å². The Labute approximate surface area is 540 Å². The molecular weight excluding hydrogens is 1140 g/mol. The summed E-state index contributed by atoms with van der Waals surface area (Å²) < 4.78 is 9.72. The van der Waals surface area contributed by atoms with Crippen molar-refractivity contribution in [2.45, 2.75) is 0 Å². The van der Waals surface area contributed by atoms with E-state index < -0.39 is 0 Å². The molecule has 15 aromatic carbocycles. The maximum absolute atomic E-state index is 5.80. The Morgan fingerprint density at radius 3 is 1.09 bits per heavy atom. The van der Waals surface area contributed by atoms with Crippen molar-refractivity contribution >= 4 is 120 Å². The van der Waals surface area contributed by atoms with Gasteiger partial charge >= 0.3 is 0 Å². The monoisotopic (exact) mass is 1190 g/mol. The van der Waals surface area contributed by atoms with Crippen LogP contribution in [0.15, 0.2) is 328 Å². The summed E-state index contributed by atoms with van der Waals surface area (Å²) >= 11 is 0. The van der Waals surface area contributed by atoms with Gasteiger partial charge in [-0.05, 0) is 148 Å². The number of aromatic nitrogens is 6. The fourth-order valence-electron chi connectivity index (χ4n) is 15.5. The smallest absolute Gasteiger partial charge is 0.160 e. The molecule has 0 aliphatic heterocycles. The first-order chi connectivity index (χ1) is 46.6. The fraction of sp³-hybridized carbons (Fsp3) is 0. The number of rotatable bonds is 8. The molecule has 0 aliphatic carbocycles. The van der Waals surface area contributed by atoms with E-state index in [0.717, 1.165) is 116 Å². The molecule has 0 saturated heterocycles. The molecule has 6 heteroatoms. The Kier molecular flexibility index (Phi) is 11.3. The van der Waals surface area contributed by atoms with Crippen LogP contribution >= 0.6 is 0 Å². The predicted molar refractivity (Wildman–Crippen MR) is 394 cm³/mol. The lowest BCUT2D eigenvalue weighted by molar-refractivity contribution is 1.13. The van der Waals surface area contributed by atoms with Gasteiger partial charge in [-0.3, -0.25) is 0 Å². The van der Waals surface area contributed by atoms with Gasteiger partial charge in [-0.1, -0.05) is 218 Å². The molecule has 0 atom stereocenters. The highest BCUT2D eigenvalue weighted by Gasteiger charge is 2.23. The van der Waals surface area contributed by atoms with Crippen LogP contribution in [0, 0.1) is 0 Å². The minimum Gasteiger partial charge on any atom is -0.309 e. The molecule has 20 rings (SSSR count). The number of benzene rings is 15. The lowest BCUT2D eigenvalue weighted by Crippen LogP contribution is -2.02. The van der Waals surface area contributed by atoms with Crippen LogP contribution in [0.4, 0.5) is 0 Å². The van der Waals surface area contributed by atoms with Gasteiger partial charge in [-0.25, -0.2) is 9.97 Å². The normalized spacial score (nSPS) is 12.0. The molecule has 5 aromatic heterocycles. The van der Waals surface area contributed by atoms with E-state index in [-0.39, 0.29) is 0 Å². The maximum Gasteiger partial charge on any atom is 0.160 e. The van der Waals surface area contributed by atoms with Crippen LogP contribution < -0.4 is 0 Å². The van der Waals surface area contributed by atoms with Gasteiger partial charge in [-0.2, -0.15) is 0 Å². The second-order valence-electron chi connectivity index (χ2n) is 24.9. The Hall–Kier alpha value is -12.6. The van der Waals surface area contributed by atoms with E-state index in [2.05, 4.69) is 346 Å². The molecule has 0 radical (unpaired) electrons. The topological polar surface area (TPSA) is 45.5 Å². The fourth-order valence-corrected chi connectivity index (χ4v) is 15.5. The molecule has 0 spiro atoms. The third-order valence-electron chi connectivity index (χ3n) is 19.7. The van der Waals surface area contributed by atoms with Crippen LogP contribution in [0.25, 0.3) is 187 Å². The average Bonchev–Trinajstić information content (AvgIpc) is 1.75. The van der Waals surface area contributed by atoms with Gasteiger partial charge in [0.2, 0.25) is 0 Å². The summed E-state index contributed by atoms with van der Waals surface area (Å²) in [4.78, 5) is 11.5. The minimum absolute atomic E-state index is 0.642. The number of hydrogen-bond acceptors (Lipinski definition) is 2. The quantitative estimate of drug-likeness (QED) is 0.142. The Morgan fingerprint density at radius 1 is 0.191 bits per heavy atom. The van der Waals surface area contributed by atoms with E-state index in [1.54, 1.807) is 0 Å². The minimum atomic E-state index is 0.642. The Balaban J connectivity index is 0.848. The summed E-state index contributed by atoms with van der Waals surface area (Å²) in [6, 6.07) is 120. The first-order valence-corrected chi connectivity index (χ1v) is 32.2. The van der Waals surface area contributed by atoms with E-state index in [4.69, 9.17) is 9.97 Å². The Morgan fingerprint density at radius 2 is 0.564 bits per heavy atom. The summed E-state index contributed by atoms with van der Waals surface area (Å²) in [7, 11) is 0. The van der Waals surface area contributed by atoms with Gasteiger partial charge in [0, 0.05) is 87.7 Å². The van der Waals surface area contributed by atoms with Gasteiger partial charge < -0.3 is 18.3 Å². The van der Waals surface area contributed by atoms with Crippen molar-refractivity contribution in [2.24, 2.45) is 0 Å². The van der Waals surface area contributed by atoms with Gasteiger partial charge in [-0.15, -0.1) is 0 Å². The number of nitrogens with zero attached hydrogens (tertiary/aromatic N) is 6. The van der Waals surface area contributed by atoms with Crippen LogP contribution in [-0.4, -0.2) is 28.2 Å². The van der Waals surface area contributed by atoms with E-state index in [1.165, 1.54) is 65.2 Å². The van der Waals surface area contributed by atoms with Crippen LogP contribution in [-0.2, 0) is 0 Å². The number of fused-ring (bicyclic) bond motifs is 16. The maximum atomic E-state index is 5.80. The molecule has 5 heterocycles. The standard InChI is InChI=1S/C88H54N6/c1-3-23-62(24-4-1)91-80-36-17-13-31-70(80)76-50-57(41-46-82(76)91)59-39-43-72-68-29-11-15-34-78(68)93(84(72)52-59)64-48-61(88-89-86-67-28-10-8-21-56(67)38-45-75(86)87(90-88)74-33-19-22-55-20-7-9-27-66(55)74)49-65(54-64)94-79-35-16-12-30-69(79)73-44-40-60(53-85(73)94)58-42-47-83-77(51-58)71-32-14-18-37-81(71)92(83)63-25-5-2-6-26-63/h1-54H. The van der Waals surface area contributed by atoms with Crippen molar-refractivity contribution in [1.29, 1.82) is 0 Å². The summed E-state index contributed by atoms with van der Waals surface area (Å²) in [6.07, 6.45) is 0. The van der Waals surface area contributed by atoms with Crippen molar-refractivity contribution in [1.82, 2.24) is 28.2 Å². The Bertz CT molecular complexity index is 6240. The first-order valence-electron chi connectivity index (χ1n) is 32.2. The zero-order chi connectivity index (χ0) is 61.5.